The number of piperidine rings is 1. The molecule has 2 unspecified atom stereocenters. The summed E-state index contributed by atoms with van der Waals surface area (Å²) in [7, 11) is 0. The number of morpholine rings is 1. The van der Waals surface area contributed by atoms with Gasteiger partial charge in [-0.1, -0.05) is 0 Å². The Balaban J connectivity index is 1.84. The Morgan fingerprint density at radius 2 is 2.31 bits per heavy atom. The summed E-state index contributed by atoms with van der Waals surface area (Å²) in [5, 5.41) is 2.96. The maximum atomic E-state index is 14.0. The number of nitrogens with zero attached hydrogens (tertiary/aromatic N) is 1. The first kappa shape index (κ1) is 10.5. The fourth-order valence-electron chi connectivity index (χ4n) is 2.69. The molecule has 2 heterocycles. The number of ether oxygens (including phenoxy) is 1. The molecule has 3 aliphatic rings. The zero-order valence-electron chi connectivity index (χ0n) is 9.25. The third-order valence-corrected chi connectivity index (χ3v) is 3.81. The molecule has 1 saturated carbocycles. The highest BCUT2D eigenvalue weighted by Crippen LogP contribution is 2.36. The van der Waals surface area contributed by atoms with Gasteiger partial charge >= 0.3 is 0 Å². The SMILES string of the molecule is O=C1N(C2CC2)CCOC12CCNCC2F. The Bertz CT molecular complexity index is 304. The molecule has 0 aromatic heterocycles. The van der Waals surface area contributed by atoms with Crippen LogP contribution in [0.1, 0.15) is 19.3 Å². The second-order valence-electron chi connectivity index (χ2n) is 4.89. The molecule has 2 saturated heterocycles. The van der Waals surface area contributed by atoms with Crippen LogP contribution in [0.2, 0.25) is 0 Å². The first-order chi connectivity index (χ1) is 7.74. The van der Waals surface area contributed by atoms with Crippen molar-refractivity contribution in [1.29, 1.82) is 0 Å². The zero-order chi connectivity index (χ0) is 11.2. The topological polar surface area (TPSA) is 41.6 Å². The molecular weight excluding hydrogens is 211 g/mol. The predicted molar refractivity (Wildman–Crippen MR) is 55.8 cm³/mol. The van der Waals surface area contributed by atoms with Gasteiger partial charge in [-0.3, -0.25) is 4.79 Å². The third kappa shape index (κ3) is 1.45. The molecular formula is C11H17FN2O2. The molecule has 3 rings (SSSR count). The lowest BCUT2D eigenvalue weighted by atomic mass is 9.87. The van der Waals surface area contributed by atoms with Gasteiger partial charge in [0.1, 0.15) is 0 Å². The summed E-state index contributed by atoms with van der Waals surface area (Å²) in [4.78, 5) is 14.2. The highest BCUT2D eigenvalue weighted by molar-refractivity contribution is 5.87. The van der Waals surface area contributed by atoms with E-state index in [2.05, 4.69) is 5.32 Å². The molecule has 0 bridgehead atoms. The van der Waals surface area contributed by atoms with Crippen molar-refractivity contribution in [3.05, 3.63) is 0 Å². The first-order valence-electron chi connectivity index (χ1n) is 6.04. The van der Waals surface area contributed by atoms with Crippen LogP contribution in [0, 0.1) is 0 Å². The van der Waals surface area contributed by atoms with Crippen LogP contribution in [0.5, 0.6) is 0 Å². The van der Waals surface area contributed by atoms with Crippen molar-refractivity contribution in [1.82, 2.24) is 10.2 Å². The van der Waals surface area contributed by atoms with Crippen LogP contribution in [0.4, 0.5) is 4.39 Å². The van der Waals surface area contributed by atoms with Gasteiger partial charge in [0.05, 0.1) is 6.61 Å². The summed E-state index contributed by atoms with van der Waals surface area (Å²) < 4.78 is 19.5. The van der Waals surface area contributed by atoms with Crippen LogP contribution in [-0.2, 0) is 9.53 Å². The van der Waals surface area contributed by atoms with Crippen LogP contribution < -0.4 is 5.32 Å². The molecule has 0 aromatic carbocycles. The summed E-state index contributed by atoms with van der Waals surface area (Å²) in [5.74, 6) is -0.116. The molecule has 1 spiro atoms. The van der Waals surface area contributed by atoms with E-state index in [0.29, 0.717) is 32.2 Å². The van der Waals surface area contributed by atoms with Gasteiger partial charge < -0.3 is 15.0 Å². The maximum absolute atomic E-state index is 14.0. The van der Waals surface area contributed by atoms with Crippen LogP contribution >= 0.6 is 0 Å². The van der Waals surface area contributed by atoms with Crippen molar-refractivity contribution in [2.75, 3.05) is 26.2 Å². The van der Waals surface area contributed by atoms with E-state index in [1.165, 1.54) is 0 Å². The fraction of sp³-hybridized carbons (Fsp3) is 0.909. The molecule has 0 radical (unpaired) electrons. The number of rotatable bonds is 1. The van der Waals surface area contributed by atoms with Gasteiger partial charge in [0.25, 0.3) is 5.91 Å². The largest absolute Gasteiger partial charge is 0.360 e. The highest BCUT2D eigenvalue weighted by atomic mass is 19.1. The van der Waals surface area contributed by atoms with E-state index in [1.54, 1.807) is 0 Å². The van der Waals surface area contributed by atoms with E-state index in [-0.39, 0.29) is 12.5 Å². The Morgan fingerprint density at radius 3 is 3.00 bits per heavy atom. The number of carbonyl (C=O) groups excluding carboxylic acids is 1. The molecule has 90 valence electrons. The van der Waals surface area contributed by atoms with Crippen molar-refractivity contribution in [3.8, 4) is 0 Å². The molecule has 3 fully saturated rings. The molecule has 0 aromatic rings. The summed E-state index contributed by atoms with van der Waals surface area (Å²) in [6.45, 7) is 1.99. The predicted octanol–water partition coefficient (Wildman–Crippen LogP) is 0.0778. The Morgan fingerprint density at radius 1 is 1.50 bits per heavy atom. The van der Waals surface area contributed by atoms with Crippen molar-refractivity contribution in [2.24, 2.45) is 0 Å². The minimum atomic E-state index is -1.21. The van der Waals surface area contributed by atoms with Gasteiger partial charge in [0.2, 0.25) is 0 Å². The van der Waals surface area contributed by atoms with Crippen LogP contribution in [0.3, 0.4) is 0 Å². The van der Waals surface area contributed by atoms with E-state index in [0.717, 1.165) is 12.8 Å². The van der Waals surface area contributed by atoms with E-state index in [4.69, 9.17) is 4.74 Å². The fourth-order valence-corrected chi connectivity index (χ4v) is 2.69. The average molecular weight is 228 g/mol. The summed E-state index contributed by atoms with van der Waals surface area (Å²) >= 11 is 0. The molecule has 1 aliphatic carbocycles. The van der Waals surface area contributed by atoms with Crippen molar-refractivity contribution >= 4 is 5.91 Å². The smallest absolute Gasteiger partial charge is 0.258 e. The average Bonchev–Trinajstić information content (AvgIpc) is 3.10. The number of nitrogens with one attached hydrogen (secondary N) is 1. The van der Waals surface area contributed by atoms with Crippen molar-refractivity contribution in [2.45, 2.75) is 37.1 Å². The van der Waals surface area contributed by atoms with Crippen molar-refractivity contribution < 1.29 is 13.9 Å². The van der Waals surface area contributed by atoms with E-state index in [1.807, 2.05) is 4.90 Å². The molecule has 2 atom stereocenters. The van der Waals surface area contributed by atoms with E-state index in [9.17, 15) is 9.18 Å². The monoisotopic (exact) mass is 228 g/mol. The highest BCUT2D eigenvalue weighted by Gasteiger charge is 2.55. The Kier molecular flexibility index (Phi) is 2.40. The van der Waals surface area contributed by atoms with E-state index >= 15 is 0 Å². The molecule has 16 heavy (non-hydrogen) atoms. The minimum absolute atomic E-state index is 0.116. The lowest BCUT2D eigenvalue weighted by Gasteiger charge is -2.45. The number of amides is 1. The van der Waals surface area contributed by atoms with Gasteiger partial charge in [-0.15, -0.1) is 0 Å². The standard InChI is InChI=1S/C11H17FN2O2/c12-9-7-13-4-3-11(9)10(15)14(5-6-16-11)8-1-2-8/h8-9,13H,1-7H2. The normalized spacial score (nSPS) is 40.4. The number of hydrogen-bond donors (Lipinski definition) is 1. The molecule has 1 N–H and O–H groups in total. The maximum Gasteiger partial charge on any atom is 0.258 e. The van der Waals surface area contributed by atoms with Gasteiger partial charge in [0, 0.05) is 25.6 Å². The molecule has 4 nitrogen and oxygen atoms in total. The number of hydrogen-bond acceptors (Lipinski definition) is 3. The van der Waals surface area contributed by atoms with Gasteiger partial charge in [0.15, 0.2) is 11.8 Å². The lowest BCUT2D eigenvalue weighted by Crippen LogP contribution is -2.66. The Hall–Kier alpha value is -0.680. The second-order valence-corrected chi connectivity index (χ2v) is 4.89. The molecule has 2 aliphatic heterocycles. The minimum Gasteiger partial charge on any atom is -0.360 e. The number of halogens is 1. The van der Waals surface area contributed by atoms with Crippen molar-refractivity contribution in [3.63, 3.8) is 0 Å². The van der Waals surface area contributed by atoms with Crippen LogP contribution in [0.25, 0.3) is 0 Å². The molecule has 5 heteroatoms. The summed E-state index contributed by atoms with van der Waals surface area (Å²) in [6, 6.07) is 0.357. The number of carbonyl (C=O) groups is 1. The van der Waals surface area contributed by atoms with Gasteiger partial charge in [-0.2, -0.15) is 0 Å². The number of alkyl halides is 1. The van der Waals surface area contributed by atoms with Gasteiger partial charge in [-0.05, 0) is 19.4 Å². The van der Waals surface area contributed by atoms with Crippen LogP contribution in [-0.4, -0.2) is 54.9 Å². The molecule has 1 amide bonds. The van der Waals surface area contributed by atoms with Crippen LogP contribution in [0.15, 0.2) is 0 Å². The lowest BCUT2D eigenvalue weighted by molar-refractivity contribution is -0.189. The summed E-state index contributed by atoms with van der Waals surface area (Å²) in [5.41, 5.74) is -1.17. The van der Waals surface area contributed by atoms with E-state index < -0.39 is 11.8 Å². The van der Waals surface area contributed by atoms with Gasteiger partial charge in [-0.25, -0.2) is 4.39 Å². The Labute approximate surface area is 94.1 Å². The zero-order valence-corrected chi connectivity index (χ0v) is 9.25. The summed E-state index contributed by atoms with van der Waals surface area (Å²) in [6.07, 6.45) is 1.37. The third-order valence-electron chi connectivity index (χ3n) is 3.81. The quantitative estimate of drug-likeness (QED) is 0.691. The first-order valence-corrected chi connectivity index (χ1v) is 6.04. The second kappa shape index (κ2) is 3.67.